The summed E-state index contributed by atoms with van der Waals surface area (Å²) in [6.45, 7) is 1.08. The summed E-state index contributed by atoms with van der Waals surface area (Å²) in [5.41, 5.74) is 1.43. The van der Waals surface area contributed by atoms with E-state index in [9.17, 15) is 18.0 Å². The first-order chi connectivity index (χ1) is 13.3. The van der Waals surface area contributed by atoms with Crippen molar-refractivity contribution >= 4 is 27.5 Å². The number of carbonyl (C=O) groups excluding carboxylic acids is 2. The lowest BCUT2D eigenvalue weighted by Gasteiger charge is -2.32. The van der Waals surface area contributed by atoms with E-state index in [1.54, 1.807) is 47.5 Å². The average molecular weight is 402 g/mol. The van der Waals surface area contributed by atoms with Crippen LogP contribution in [0.1, 0.15) is 33.6 Å². The van der Waals surface area contributed by atoms with Crippen molar-refractivity contribution in [1.29, 1.82) is 0 Å². The molecule has 1 aromatic heterocycles. The monoisotopic (exact) mass is 402 g/mol. The van der Waals surface area contributed by atoms with Gasteiger partial charge in [0.2, 0.25) is 10.0 Å². The van der Waals surface area contributed by atoms with E-state index in [1.807, 2.05) is 0 Å². The molecule has 1 aliphatic rings. The Kier molecular flexibility index (Phi) is 5.93. The predicted molar refractivity (Wildman–Crippen MR) is 106 cm³/mol. The molecule has 1 saturated heterocycles. The number of aromatic nitrogens is 1. The van der Waals surface area contributed by atoms with Gasteiger partial charge >= 0.3 is 0 Å². The van der Waals surface area contributed by atoms with Gasteiger partial charge in [0.05, 0.1) is 11.8 Å². The lowest BCUT2D eigenvalue weighted by atomic mass is 10.0. The standard InChI is InChI=1S/C19H22N4O4S/c1-28(26,27)22-17-6-4-14(5-7-17)19(25)23-11-8-16(9-12-23)21-18(24)15-3-2-10-20-13-15/h2-7,10,13,16,22H,8-9,11-12H2,1H3,(H,21,24). The van der Waals surface area contributed by atoms with Crippen LogP contribution in [0.25, 0.3) is 0 Å². The summed E-state index contributed by atoms with van der Waals surface area (Å²) in [5, 5.41) is 2.98. The van der Waals surface area contributed by atoms with Gasteiger partial charge in [0.15, 0.2) is 0 Å². The molecule has 0 bridgehead atoms. The van der Waals surface area contributed by atoms with Crippen LogP contribution < -0.4 is 10.0 Å². The van der Waals surface area contributed by atoms with Crippen molar-refractivity contribution in [2.45, 2.75) is 18.9 Å². The molecule has 2 aromatic rings. The van der Waals surface area contributed by atoms with Crippen LogP contribution in [0.5, 0.6) is 0 Å². The third-order valence-corrected chi connectivity index (χ3v) is 5.08. The van der Waals surface area contributed by atoms with Crippen LogP contribution in [0.2, 0.25) is 0 Å². The molecule has 2 N–H and O–H groups in total. The number of nitrogens with one attached hydrogen (secondary N) is 2. The summed E-state index contributed by atoms with van der Waals surface area (Å²) in [6.07, 6.45) is 5.56. The second kappa shape index (κ2) is 8.39. The molecule has 3 rings (SSSR count). The highest BCUT2D eigenvalue weighted by Gasteiger charge is 2.25. The zero-order chi connectivity index (χ0) is 20.1. The Bertz CT molecular complexity index is 938. The van der Waals surface area contributed by atoms with Crippen LogP contribution >= 0.6 is 0 Å². The normalized spacial score (nSPS) is 15.1. The van der Waals surface area contributed by atoms with Gasteiger partial charge in [0.1, 0.15) is 0 Å². The third kappa shape index (κ3) is 5.29. The lowest BCUT2D eigenvalue weighted by molar-refractivity contribution is 0.0698. The van der Waals surface area contributed by atoms with Crippen LogP contribution in [-0.2, 0) is 10.0 Å². The fraction of sp³-hybridized carbons (Fsp3) is 0.316. The number of nitrogens with zero attached hydrogens (tertiary/aromatic N) is 2. The summed E-state index contributed by atoms with van der Waals surface area (Å²) in [7, 11) is -3.35. The molecule has 1 fully saturated rings. The van der Waals surface area contributed by atoms with Crippen molar-refractivity contribution in [3.05, 3.63) is 59.9 Å². The SMILES string of the molecule is CS(=O)(=O)Nc1ccc(C(=O)N2CCC(NC(=O)c3cccnc3)CC2)cc1. The van der Waals surface area contributed by atoms with E-state index < -0.39 is 10.0 Å². The number of hydrogen-bond donors (Lipinski definition) is 2. The number of pyridine rings is 1. The van der Waals surface area contributed by atoms with Crippen LogP contribution in [0.3, 0.4) is 0 Å². The molecule has 1 aromatic carbocycles. The third-order valence-electron chi connectivity index (χ3n) is 4.48. The molecular weight excluding hydrogens is 380 g/mol. The van der Waals surface area contributed by atoms with Gasteiger partial charge < -0.3 is 10.2 Å². The molecule has 0 saturated carbocycles. The number of rotatable bonds is 5. The van der Waals surface area contributed by atoms with E-state index in [0.717, 1.165) is 6.26 Å². The number of sulfonamides is 1. The van der Waals surface area contributed by atoms with Crippen LogP contribution in [0, 0.1) is 0 Å². The minimum absolute atomic E-state index is 0.0121. The zero-order valence-corrected chi connectivity index (χ0v) is 16.3. The van der Waals surface area contributed by atoms with Gasteiger partial charge in [-0.3, -0.25) is 19.3 Å². The molecule has 9 heteroatoms. The van der Waals surface area contributed by atoms with Crippen molar-refractivity contribution in [3.63, 3.8) is 0 Å². The van der Waals surface area contributed by atoms with E-state index in [1.165, 1.54) is 6.20 Å². The number of benzene rings is 1. The van der Waals surface area contributed by atoms with Crippen LogP contribution in [-0.4, -0.2) is 55.5 Å². The molecule has 8 nitrogen and oxygen atoms in total. The quantitative estimate of drug-likeness (QED) is 0.788. The molecule has 0 atom stereocenters. The first kappa shape index (κ1) is 19.8. The molecule has 2 heterocycles. The molecule has 0 radical (unpaired) electrons. The lowest BCUT2D eigenvalue weighted by Crippen LogP contribution is -2.46. The van der Waals surface area contributed by atoms with Crippen molar-refractivity contribution in [1.82, 2.24) is 15.2 Å². The molecule has 0 unspecified atom stereocenters. The first-order valence-corrected chi connectivity index (χ1v) is 10.8. The number of likely N-dealkylation sites (tertiary alicyclic amines) is 1. The smallest absolute Gasteiger partial charge is 0.253 e. The summed E-state index contributed by atoms with van der Waals surface area (Å²) in [5.74, 6) is -0.269. The molecule has 0 spiro atoms. The maximum Gasteiger partial charge on any atom is 0.253 e. The molecule has 1 aliphatic heterocycles. The predicted octanol–water partition coefficient (Wildman–Crippen LogP) is 1.49. The van der Waals surface area contributed by atoms with Crippen molar-refractivity contribution in [2.24, 2.45) is 0 Å². The average Bonchev–Trinajstić information content (AvgIpc) is 2.68. The highest BCUT2D eigenvalue weighted by atomic mass is 32.2. The van der Waals surface area contributed by atoms with Crippen LogP contribution in [0.15, 0.2) is 48.8 Å². The molecule has 0 aliphatic carbocycles. The van der Waals surface area contributed by atoms with E-state index in [-0.39, 0.29) is 17.9 Å². The number of anilines is 1. The summed E-state index contributed by atoms with van der Waals surface area (Å²) in [4.78, 5) is 30.5. The van der Waals surface area contributed by atoms with Gasteiger partial charge in [-0.25, -0.2) is 8.42 Å². The van der Waals surface area contributed by atoms with Gasteiger partial charge in [-0.05, 0) is 49.2 Å². The maximum atomic E-state index is 12.6. The summed E-state index contributed by atoms with van der Waals surface area (Å²) >= 11 is 0. The second-order valence-electron chi connectivity index (χ2n) is 6.73. The second-order valence-corrected chi connectivity index (χ2v) is 8.48. The minimum Gasteiger partial charge on any atom is -0.349 e. The van der Waals surface area contributed by atoms with E-state index in [4.69, 9.17) is 0 Å². The zero-order valence-electron chi connectivity index (χ0n) is 15.5. The largest absolute Gasteiger partial charge is 0.349 e. The topological polar surface area (TPSA) is 108 Å². The number of hydrogen-bond acceptors (Lipinski definition) is 5. The number of amides is 2. The van der Waals surface area contributed by atoms with E-state index in [0.29, 0.717) is 42.7 Å². The first-order valence-electron chi connectivity index (χ1n) is 8.90. The molecular formula is C19H22N4O4S. The Morgan fingerprint density at radius 1 is 1.07 bits per heavy atom. The fourth-order valence-electron chi connectivity index (χ4n) is 3.07. The summed E-state index contributed by atoms with van der Waals surface area (Å²) < 4.78 is 24.9. The highest BCUT2D eigenvalue weighted by Crippen LogP contribution is 2.17. The maximum absolute atomic E-state index is 12.6. The number of piperidine rings is 1. The Labute approximate surface area is 164 Å². The summed E-state index contributed by atoms with van der Waals surface area (Å²) in [6, 6.07) is 9.77. The Morgan fingerprint density at radius 2 is 1.75 bits per heavy atom. The molecule has 28 heavy (non-hydrogen) atoms. The van der Waals surface area contributed by atoms with Crippen LogP contribution in [0.4, 0.5) is 5.69 Å². The van der Waals surface area contributed by atoms with Gasteiger partial charge in [-0.1, -0.05) is 0 Å². The van der Waals surface area contributed by atoms with E-state index in [2.05, 4.69) is 15.0 Å². The van der Waals surface area contributed by atoms with Crippen molar-refractivity contribution in [3.8, 4) is 0 Å². The molecule has 148 valence electrons. The molecule has 2 amide bonds. The highest BCUT2D eigenvalue weighted by molar-refractivity contribution is 7.92. The van der Waals surface area contributed by atoms with Crippen molar-refractivity contribution in [2.75, 3.05) is 24.1 Å². The fourth-order valence-corrected chi connectivity index (χ4v) is 3.63. The van der Waals surface area contributed by atoms with E-state index >= 15 is 0 Å². The van der Waals surface area contributed by atoms with Crippen molar-refractivity contribution < 1.29 is 18.0 Å². The Morgan fingerprint density at radius 3 is 2.32 bits per heavy atom. The van der Waals surface area contributed by atoms with Gasteiger partial charge in [0.25, 0.3) is 11.8 Å². The number of carbonyl (C=O) groups is 2. The Balaban J connectivity index is 1.53. The van der Waals surface area contributed by atoms with Gasteiger partial charge in [0, 0.05) is 42.8 Å². The Hall–Kier alpha value is -2.94. The van der Waals surface area contributed by atoms with Gasteiger partial charge in [-0.2, -0.15) is 0 Å². The van der Waals surface area contributed by atoms with Gasteiger partial charge in [-0.15, -0.1) is 0 Å². The minimum atomic E-state index is -3.35.